The van der Waals surface area contributed by atoms with Crippen LogP contribution in [0.1, 0.15) is 25.7 Å². The van der Waals surface area contributed by atoms with E-state index >= 15 is 0 Å². The first-order valence-electron chi connectivity index (χ1n) is 10.6. The number of ketones is 1. The fraction of sp³-hybridized carbons (Fsp3) is 0.458. The number of Topliss-reactive ketones (excluding diaryl/α,β-unsaturated/α-hetero) is 1. The molecule has 1 spiro atoms. The lowest BCUT2D eigenvalue weighted by Gasteiger charge is -2.38. The molecule has 0 saturated carbocycles. The number of hydrogen-bond donors (Lipinski definition) is 0. The summed E-state index contributed by atoms with van der Waals surface area (Å²) in [4.78, 5) is 15.7. The molecule has 0 bridgehead atoms. The highest BCUT2D eigenvalue weighted by Gasteiger charge is 2.39. The second-order valence-corrected chi connectivity index (χ2v) is 7.79. The van der Waals surface area contributed by atoms with Gasteiger partial charge in [-0.05, 0) is 24.3 Å². The second-order valence-electron chi connectivity index (χ2n) is 7.79. The van der Waals surface area contributed by atoms with Crippen LogP contribution in [0.4, 0.5) is 11.4 Å². The fourth-order valence-electron chi connectivity index (χ4n) is 4.18. The Hall–Kier alpha value is -2.37. The van der Waals surface area contributed by atoms with Gasteiger partial charge >= 0.3 is 0 Å². The largest absolute Gasteiger partial charge is 0.371 e. The van der Waals surface area contributed by atoms with E-state index in [2.05, 4.69) is 52.3 Å². The first kappa shape index (κ1) is 19.9. The highest BCUT2D eigenvalue weighted by molar-refractivity contribution is 5.81. The van der Waals surface area contributed by atoms with Gasteiger partial charge in [0.05, 0.1) is 13.2 Å². The quantitative estimate of drug-likeness (QED) is 0.773. The minimum Gasteiger partial charge on any atom is -0.371 e. The average Bonchev–Trinajstić information content (AvgIpc) is 3.24. The number of benzene rings is 2. The van der Waals surface area contributed by atoms with Crippen molar-refractivity contribution >= 4 is 17.2 Å². The summed E-state index contributed by atoms with van der Waals surface area (Å²) in [6, 6.07) is 20.8. The maximum atomic E-state index is 11.0. The highest BCUT2D eigenvalue weighted by Crippen LogP contribution is 2.32. The van der Waals surface area contributed by atoms with Crippen LogP contribution in [0, 0.1) is 0 Å². The number of piperidine rings is 2. The molecule has 5 nitrogen and oxygen atoms in total. The number of rotatable bonds is 2. The smallest absolute Gasteiger partial charge is 0.171 e. The Morgan fingerprint density at radius 3 is 1.59 bits per heavy atom. The van der Waals surface area contributed by atoms with Crippen molar-refractivity contribution in [2.45, 2.75) is 31.5 Å². The van der Waals surface area contributed by atoms with Gasteiger partial charge < -0.3 is 19.3 Å². The zero-order chi connectivity index (χ0) is 19.9. The molecule has 2 aromatic rings. The predicted octanol–water partition coefficient (Wildman–Crippen LogP) is 3.89. The molecule has 3 heterocycles. The molecule has 3 saturated heterocycles. The Labute approximate surface area is 173 Å². The molecule has 5 heteroatoms. The molecule has 0 radical (unpaired) electrons. The summed E-state index contributed by atoms with van der Waals surface area (Å²) < 4.78 is 11.4. The molecule has 3 aliphatic rings. The van der Waals surface area contributed by atoms with Crippen LogP contribution < -0.4 is 9.80 Å². The number of carbonyl (C=O) groups is 1. The van der Waals surface area contributed by atoms with Crippen LogP contribution in [0.2, 0.25) is 0 Å². The average molecular weight is 395 g/mol. The van der Waals surface area contributed by atoms with Crippen LogP contribution in [0.3, 0.4) is 0 Å². The lowest BCUT2D eigenvalue weighted by molar-refractivity contribution is -0.169. The van der Waals surface area contributed by atoms with Crippen molar-refractivity contribution < 1.29 is 14.3 Å². The predicted molar refractivity (Wildman–Crippen MR) is 115 cm³/mol. The zero-order valence-corrected chi connectivity index (χ0v) is 17.0. The van der Waals surface area contributed by atoms with Crippen molar-refractivity contribution in [3.63, 3.8) is 0 Å². The molecule has 2 aromatic carbocycles. The third-order valence-corrected chi connectivity index (χ3v) is 5.90. The molecule has 0 aromatic heterocycles. The van der Waals surface area contributed by atoms with E-state index in [9.17, 15) is 4.79 Å². The Balaban J connectivity index is 0.000000145. The van der Waals surface area contributed by atoms with Crippen LogP contribution in [0.25, 0.3) is 0 Å². The normalized spacial score (nSPS) is 21.0. The van der Waals surface area contributed by atoms with Gasteiger partial charge in [0.2, 0.25) is 0 Å². The Kier molecular flexibility index (Phi) is 6.47. The number of carbonyl (C=O) groups excluding carboxylic acids is 1. The van der Waals surface area contributed by atoms with Gasteiger partial charge in [0.1, 0.15) is 5.78 Å². The number of nitrogens with zero attached hydrogens (tertiary/aromatic N) is 2. The van der Waals surface area contributed by atoms with Crippen LogP contribution in [-0.2, 0) is 14.3 Å². The molecular weight excluding hydrogens is 364 g/mol. The van der Waals surface area contributed by atoms with Crippen molar-refractivity contribution in [3.8, 4) is 0 Å². The SMILES string of the molecule is O=C1CCN(c2ccccc2)CC1.c1ccc(N2CCC3(CC2)OCCO3)cc1. The van der Waals surface area contributed by atoms with Crippen molar-refractivity contribution in [2.24, 2.45) is 0 Å². The van der Waals surface area contributed by atoms with E-state index in [4.69, 9.17) is 9.47 Å². The topological polar surface area (TPSA) is 42.0 Å². The number of hydrogen-bond acceptors (Lipinski definition) is 5. The Bertz CT molecular complexity index is 755. The summed E-state index contributed by atoms with van der Waals surface area (Å²) in [5.74, 6) is 0.137. The first-order valence-corrected chi connectivity index (χ1v) is 10.6. The van der Waals surface area contributed by atoms with Crippen molar-refractivity contribution in [1.82, 2.24) is 0 Å². The van der Waals surface area contributed by atoms with Crippen molar-refractivity contribution in [3.05, 3.63) is 60.7 Å². The van der Waals surface area contributed by atoms with Crippen molar-refractivity contribution in [1.29, 1.82) is 0 Å². The fourth-order valence-corrected chi connectivity index (χ4v) is 4.18. The van der Waals surface area contributed by atoms with Crippen LogP contribution in [0.5, 0.6) is 0 Å². The summed E-state index contributed by atoms with van der Waals surface area (Å²) in [5.41, 5.74) is 2.53. The van der Waals surface area contributed by atoms with E-state index in [1.54, 1.807) is 0 Å². The number of anilines is 2. The highest BCUT2D eigenvalue weighted by atomic mass is 16.7. The first-order chi connectivity index (χ1) is 14.2. The van der Waals surface area contributed by atoms with Gasteiger partial charge in [-0.1, -0.05) is 36.4 Å². The van der Waals surface area contributed by atoms with Gasteiger partial charge in [-0.25, -0.2) is 0 Å². The molecule has 0 N–H and O–H groups in total. The van der Waals surface area contributed by atoms with E-state index in [1.807, 2.05) is 18.2 Å². The zero-order valence-electron chi connectivity index (χ0n) is 17.0. The third kappa shape index (κ3) is 5.17. The Morgan fingerprint density at radius 2 is 1.10 bits per heavy atom. The molecule has 5 rings (SSSR count). The van der Waals surface area contributed by atoms with Crippen molar-refractivity contribution in [2.75, 3.05) is 49.2 Å². The minimum absolute atomic E-state index is 0.259. The summed E-state index contributed by atoms with van der Waals surface area (Å²) in [6.07, 6.45) is 3.35. The molecule has 3 fully saturated rings. The van der Waals surface area contributed by atoms with E-state index < -0.39 is 0 Å². The van der Waals surface area contributed by atoms with Gasteiger partial charge in [0.25, 0.3) is 0 Å². The molecule has 29 heavy (non-hydrogen) atoms. The molecule has 0 atom stereocenters. The summed E-state index contributed by atoms with van der Waals surface area (Å²) >= 11 is 0. The van der Waals surface area contributed by atoms with Gasteiger partial charge in [-0.2, -0.15) is 0 Å². The van der Waals surface area contributed by atoms with Crippen LogP contribution in [0.15, 0.2) is 60.7 Å². The maximum Gasteiger partial charge on any atom is 0.171 e. The van der Waals surface area contributed by atoms with E-state index in [0.29, 0.717) is 18.6 Å². The summed E-state index contributed by atoms with van der Waals surface area (Å²) in [6.45, 7) is 5.30. The molecule has 154 valence electrons. The summed E-state index contributed by atoms with van der Waals surface area (Å²) in [5, 5.41) is 0. The lowest BCUT2D eigenvalue weighted by atomic mass is 10.0. The van der Waals surface area contributed by atoms with Gasteiger partial charge in [0, 0.05) is 63.2 Å². The molecule has 0 unspecified atom stereocenters. The minimum atomic E-state index is -0.259. The Morgan fingerprint density at radius 1 is 0.655 bits per heavy atom. The summed E-state index contributed by atoms with van der Waals surface area (Å²) in [7, 11) is 0. The second kappa shape index (κ2) is 9.42. The molecule has 0 amide bonds. The van der Waals surface area contributed by atoms with Gasteiger partial charge in [0.15, 0.2) is 5.79 Å². The standard InChI is InChI=1S/C13H17NO2.C11H13NO/c1-2-4-12(5-3-1)14-8-6-13(7-9-14)15-10-11-16-13;13-11-6-8-12(9-7-11)10-4-2-1-3-5-10/h1-5H,6-11H2;1-5H,6-9H2. The number of ether oxygens (including phenoxy) is 2. The van der Waals surface area contributed by atoms with Crippen LogP contribution >= 0.6 is 0 Å². The molecule has 3 aliphatic heterocycles. The van der Waals surface area contributed by atoms with Gasteiger partial charge in [-0.15, -0.1) is 0 Å². The maximum absolute atomic E-state index is 11.0. The van der Waals surface area contributed by atoms with Gasteiger partial charge in [-0.3, -0.25) is 4.79 Å². The van der Waals surface area contributed by atoms with E-state index in [0.717, 1.165) is 52.2 Å². The third-order valence-electron chi connectivity index (χ3n) is 5.90. The molecule has 0 aliphatic carbocycles. The number of para-hydroxylation sites is 2. The van der Waals surface area contributed by atoms with E-state index in [1.165, 1.54) is 11.4 Å². The van der Waals surface area contributed by atoms with Crippen LogP contribution in [-0.4, -0.2) is 51.0 Å². The lowest BCUT2D eigenvalue weighted by Crippen LogP contribution is -2.45. The van der Waals surface area contributed by atoms with E-state index in [-0.39, 0.29) is 5.79 Å². The monoisotopic (exact) mass is 394 g/mol. The molecular formula is C24H30N2O3.